The van der Waals surface area contributed by atoms with Gasteiger partial charge in [-0.1, -0.05) is 13.0 Å². The van der Waals surface area contributed by atoms with Crippen LogP contribution in [0.15, 0.2) is 24.5 Å². The molecule has 1 saturated heterocycles. The van der Waals surface area contributed by atoms with Crippen molar-refractivity contribution in [2.45, 2.75) is 20.3 Å². The predicted octanol–water partition coefficient (Wildman–Crippen LogP) is 2.06. The van der Waals surface area contributed by atoms with Crippen molar-refractivity contribution in [2.24, 2.45) is 5.41 Å². The first-order valence-corrected chi connectivity index (χ1v) is 7.76. The van der Waals surface area contributed by atoms with E-state index in [0.717, 1.165) is 37.3 Å². The summed E-state index contributed by atoms with van der Waals surface area (Å²) >= 11 is 0. The van der Waals surface area contributed by atoms with Gasteiger partial charge in [-0.25, -0.2) is 4.98 Å². The maximum atomic E-state index is 12.7. The van der Waals surface area contributed by atoms with Crippen LogP contribution in [0.1, 0.15) is 29.4 Å². The second-order valence-electron chi connectivity index (χ2n) is 7.01. The van der Waals surface area contributed by atoms with Crippen LogP contribution in [0.4, 0.5) is 0 Å². The van der Waals surface area contributed by atoms with Gasteiger partial charge in [0, 0.05) is 32.5 Å². The van der Waals surface area contributed by atoms with E-state index in [4.69, 9.17) is 0 Å². The van der Waals surface area contributed by atoms with Crippen LogP contribution in [0, 0.1) is 12.3 Å². The van der Waals surface area contributed by atoms with Crippen molar-refractivity contribution in [1.82, 2.24) is 19.2 Å². The third-order valence-electron chi connectivity index (χ3n) is 4.61. The second-order valence-corrected chi connectivity index (χ2v) is 7.01. The summed E-state index contributed by atoms with van der Waals surface area (Å²) in [7, 11) is 4.01. The first-order chi connectivity index (χ1) is 10.4. The Balaban J connectivity index is 1.78. The zero-order chi connectivity index (χ0) is 15.9. The minimum absolute atomic E-state index is 0.00104. The molecule has 0 spiro atoms. The summed E-state index contributed by atoms with van der Waals surface area (Å²) in [4.78, 5) is 21.3. The van der Waals surface area contributed by atoms with Crippen molar-refractivity contribution in [2.75, 3.05) is 33.7 Å². The number of rotatable bonds is 3. The number of carbonyl (C=O) groups is 1. The fraction of sp³-hybridized carbons (Fsp3) is 0.529. The largest absolute Gasteiger partial charge is 0.340 e. The molecule has 0 N–H and O–H groups in total. The van der Waals surface area contributed by atoms with Gasteiger partial charge in [0.15, 0.2) is 0 Å². The third-order valence-corrected chi connectivity index (χ3v) is 4.61. The Morgan fingerprint density at radius 2 is 2.27 bits per heavy atom. The molecule has 0 aromatic carbocycles. The average Bonchev–Trinajstić information content (AvgIpc) is 3.02. The van der Waals surface area contributed by atoms with Crippen molar-refractivity contribution < 1.29 is 4.79 Å². The van der Waals surface area contributed by atoms with Crippen molar-refractivity contribution in [1.29, 1.82) is 0 Å². The summed E-state index contributed by atoms with van der Waals surface area (Å²) < 4.78 is 1.92. The summed E-state index contributed by atoms with van der Waals surface area (Å²) in [6, 6.07) is 3.98. The molecule has 5 nitrogen and oxygen atoms in total. The van der Waals surface area contributed by atoms with Crippen molar-refractivity contribution in [3.63, 3.8) is 0 Å². The van der Waals surface area contributed by atoms with Gasteiger partial charge in [0.2, 0.25) is 0 Å². The van der Waals surface area contributed by atoms with Crippen LogP contribution in [-0.2, 0) is 0 Å². The summed E-state index contributed by atoms with van der Waals surface area (Å²) in [5, 5.41) is 0. The van der Waals surface area contributed by atoms with Gasteiger partial charge in [0.25, 0.3) is 5.91 Å². The van der Waals surface area contributed by atoms with E-state index in [0.29, 0.717) is 5.69 Å². The molecule has 2 aromatic heterocycles. The standard InChI is InChI=1S/C17H24N4O/c1-13-6-5-8-21-10-14(18-15(13)21)16(22)20(4)12-17(2)7-9-19(3)11-17/h5-6,8,10H,7,9,11-12H2,1-4H3/t17-/m1/s1. The number of hydrogen-bond donors (Lipinski definition) is 0. The van der Waals surface area contributed by atoms with Gasteiger partial charge < -0.3 is 14.2 Å². The van der Waals surface area contributed by atoms with Crippen LogP contribution < -0.4 is 0 Å². The highest BCUT2D eigenvalue weighted by molar-refractivity contribution is 5.92. The number of nitrogens with zero attached hydrogens (tertiary/aromatic N) is 4. The maximum absolute atomic E-state index is 12.7. The number of aryl methyl sites for hydroxylation is 1. The molecule has 1 fully saturated rings. The number of carbonyl (C=O) groups excluding carboxylic acids is 1. The number of imidazole rings is 1. The molecule has 0 unspecified atom stereocenters. The van der Waals surface area contributed by atoms with Gasteiger partial charge in [-0.2, -0.15) is 0 Å². The number of likely N-dealkylation sites (tertiary alicyclic amines) is 1. The Morgan fingerprint density at radius 3 is 2.91 bits per heavy atom. The number of fused-ring (bicyclic) bond motifs is 1. The highest BCUT2D eigenvalue weighted by Crippen LogP contribution is 2.29. The number of amides is 1. The molecule has 0 saturated carbocycles. The topological polar surface area (TPSA) is 40.9 Å². The Bertz CT molecular complexity index is 708. The second kappa shape index (κ2) is 5.39. The lowest BCUT2D eigenvalue weighted by Crippen LogP contribution is -2.38. The van der Waals surface area contributed by atoms with Gasteiger partial charge in [-0.15, -0.1) is 0 Å². The van der Waals surface area contributed by atoms with E-state index in [9.17, 15) is 4.79 Å². The van der Waals surface area contributed by atoms with E-state index in [1.165, 1.54) is 0 Å². The van der Waals surface area contributed by atoms with Crippen LogP contribution in [0.25, 0.3) is 5.65 Å². The fourth-order valence-corrected chi connectivity index (χ4v) is 3.50. The molecule has 1 aliphatic heterocycles. The minimum Gasteiger partial charge on any atom is -0.340 e. The van der Waals surface area contributed by atoms with Crippen LogP contribution in [0.5, 0.6) is 0 Å². The quantitative estimate of drug-likeness (QED) is 0.871. The molecule has 2 aromatic rings. The molecule has 1 amide bonds. The first kappa shape index (κ1) is 15.0. The number of hydrogen-bond acceptors (Lipinski definition) is 3. The molecule has 3 heterocycles. The zero-order valence-electron chi connectivity index (χ0n) is 13.8. The van der Waals surface area contributed by atoms with Gasteiger partial charge in [-0.05, 0) is 44.0 Å². The molecule has 3 rings (SSSR count). The summed E-state index contributed by atoms with van der Waals surface area (Å²) in [5.74, 6) is -0.00104. The van der Waals surface area contributed by atoms with E-state index < -0.39 is 0 Å². The molecule has 0 radical (unpaired) electrons. The highest BCUT2D eigenvalue weighted by atomic mass is 16.2. The predicted molar refractivity (Wildman–Crippen MR) is 87.1 cm³/mol. The van der Waals surface area contributed by atoms with Crippen molar-refractivity contribution in [3.05, 3.63) is 35.8 Å². The number of aromatic nitrogens is 2. The lowest BCUT2D eigenvalue weighted by atomic mass is 9.89. The molecule has 5 heteroatoms. The molecule has 118 valence electrons. The molecule has 1 atom stereocenters. The van der Waals surface area contributed by atoms with Crippen LogP contribution in [0.3, 0.4) is 0 Å². The smallest absolute Gasteiger partial charge is 0.273 e. The lowest BCUT2D eigenvalue weighted by molar-refractivity contribution is 0.0725. The zero-order valence-corrected chi connectivity index (χ0v) is 13.8. The maximum Gasteiger partial charge on any atom is 0.273 e. The van der Waals surface area contributed by atoms with Crippen LogP contribution >= 0.6 is 0 Å². The summed E-state index contributed by atoms with van der Waals surface area (Å²) in [5.41, 5.74) is 2.63. The third kappa shape index (κ3) is 2.73. The highest BCUT2D eigenvalue weighted by Gasteiger charge is 2.34. The Morgan fingerprint density at radius 1 is 1.50 bits per heavy atom. The number of pyridine rings is 1. The van der Waals surface area contributed by atoms with Crippen LogP contribution in [-0.4, -0.2) is 58.8 Å². The molecule has 22 heavy (non-hydrogen) atoms. The van der Waals surface area contributed by atoms with E-state index in [-0.39, 0.29) is 11.3 Å². The minimum atomic E-state index is -0.00104. The Labute approximate surface area is 131 Å². The first-order valence-electron chi connectivity index (χ1n) is 7.76. The van der Waals surface area contributed by atoms with Gasteiger partial charge in [0.05, 0.1) is 0 Å². The molecule has 0 aliphatic carbocycles. The Kier molecular flexibility index (Phi) is 3.68. The fourth-order valence-electron chi connectivity index (χ4n) is 3.50. The van der Waals surface area contributed by atoms with Gasteiger partial charge in [0.1, 0.15) is 11.3 Å². The summed E-state index contributed by atoms with van der Waals surface area (Å²) in [6.07, 6.45) is 4.88. The molecule has 1 aliphatic rings. The van der Waals surface area contributed by atoms with Crippen molar-refractivity contribution in [3.8, 4) is 0 Å². The molecular formula is C17H24N4O. The van der Waals surface area contributed by atoms with Gasteiger partial charge >= 0.3 is 0 Å². The Hall–Kier alpha value is -1.88. The molecular weight excluding hydrogens is 276 g/mol. The molecule has 0 bridgehead atoms. The van der Waals surface area contributed by atoms with E-state index in [1.807, 2.05) is 47.8 Å². The summed E-state index contributed by atoms with van der Waals surface area (Å²) in [6.45, 7) is 7.17. The van der Waals surface area contributed by atoms with E-state index in [1.54, 1.807) is 0 Å². The average molecular weight is 300 g/mol. The lowest BCUT2D eigenvalue weighted by Gasteiger charge is -2.29. The van der Waals surface area contributed by atoms with E-state index >= 15 is 0 Å². The van der Waals surface area contributed by atoms with E-state index in [2.05, 4.69) is 23.9 Å². The monoisotopic (exact) mass is 300 g/mol. The van der Waals surface area contributed by atoms with Gasteiger partial charge in [-0.3, -0.25) is 4.79 Å². The van der Waals surface area contributed by atoms with Crippen LogP contribution in [0.2, 0.25) is 0 Å². The normalized spacial score (nSPS) is 22.4. The van der Waals surface area contributed by atoms with Crippen molar-refractivity contribution >= 4 is 11.6 Å². The SMILES string of the molecule is Cc1cccn2cc(C(=O)N(C)C[C@]3(C)CCN(C)C3)nc12.